The summed E-state index contributed by atoms with van der Waals surface area (Å²) in [5.74, 6) is 0. The first-order valence-corrected chi connectivity index (χ1v) is 16.4. The van der Waals surface area contributed by atoms with Gasteiger partial charge in [0.15, 0.2) is 0 Å². The molecule has 0 aliphatic carbocycles. The number of nitrogens with zero attached hydrogens (tertiary/aromatic N) is 3. The smallest absolute Gasteiger partial charge is 0.0939 e. The van der Waals surface area contributed by atoms with Gasteiger partial charge in [0, 0.05) is 73.0 Å². The van der Waals surface area contributed by atoms with Gasteiger partial charge in [0.25, 0.3) is 0 Å². The van der Waals surface area contributed by atoms with Crippen molar-refractivity contribution < 1.29 is 0 Å². The molecule has 42 heavy (non-hydrogen) atoms. The summed E-state index contributed by atoms with van der Waals surface area (Å²) in [4.78, 5) is 12.6. The Bertz CT molecular complexity index is 598. The number of rotatable bonds is 18. The van der Waals surface area contributed by atoms with Crippen molar-refractivity contribution in [1.82, 2.24) is 31.9 Å². The Hall–Kier alpha value is -1.23. The molecular formula is C33H75N9. The van der Waals surface area contributed by atoms with E-state index in [0.29, 0.717) is 54.4 Å². The van der Waals surface area contributed by atoms with Crippen LogP contribution in [0.4, 0.5) is 0 Å². The van der Waals surface area contributed by atoms with E-state index in [4.69, 9.17) is 0 Å². The summed E-state index contributed by atoms with van der Waals surface area (Å²) < 4.78 is 0. The van der Waals surface area contributed by atoms with Crippen molar-refractivity contribution in [3.8, 4) is 0 Å². The maximum atomic E-state index is 4.38. The molecule has 0 fully saturated rings. The minimum atomic E-state index is 0.178. The molecule has 9 nitrogen and oxygen atoms in total. The summed E-state index contributed by atoms with van der Waals surface area (Å²) in [6.45, 7) is 38.3. The molecule has 0 unspecified atom stereocenters. The lowest BCUT2D eigenvalue weighted by Gasteiger charge is -2.35. The molecule has 0 heterocycles. The summed E-state index contributed by atoms with van der Waals surface area (Å²) >= 11 is 0. The Morgan fingerprint density at radius 3 is 0.762 bits per heavy atom. The fourth-order valence-corrected chi connectivity index (χ4v) is 3.45. The standard InChI is InChI=1S/C14H34N4.C11H25N3.C8H16N2/c1-9(2)15-13(16-10(3)4)14(17-11(5)6)18-12(7)8;1-8(2)12-7-11(13-9(3)4)14-10(5)6;1-7(2)9-5-6-10-8(3)4/h9-18H,1-8H3;7-11,13-14H,1-6H3;5-8H,1-4H3. The van der Waals surface area contributed by atoms with Crippen LogP contribution in [-0.2, 0) is 0 Å². The van der Waals surface area contributed by atoms with Crippen molar-refractivity contribution in [3.05, 3.63) is 0 Å². The lowest BCUT2D eigenvalue weighted by atomic mass is 10.2. The summed E-state index contributed by atoms with van der Waals surface area (Å²) in [7, 11) is 0. The summed E-state index contributed by atoms with van der Waals surface area (Å²) in [5, 5.41) is 21.2. The second-order valence-corrected chi connectivity index (χ2v) is 13.5. The van der Waals surface area contributed by atoms with Gasteiger partial charge in [0.2, 0.25) is 0 Å². The molecule has 0 radical (unpaired) electrons. The minimum absolute atomic E-state index is 0.178. The van der Waals surface area contributed by atoms with Crippen molar-refractivity contribution in [2.45, 2.75) is 198 Å². The van der Waals surface area contributed by atoms with Crippen LogP contribution < -0.4 is 31.9 Å². The third kappa shape index (κ3) is 36.8. The molecule has 0 rings (SSSR count). The zero-order chi connectivity index (χ0) is 33.4. The topological polar surface area (TPSA) is 109 Å². The summed E-state index contributed by atoms with van der Waals surface area (Å²) in [6.07, 6.45) is 6.09. The van der Waals surface area contributed by atoms with Crippen LogP contribution in [0.15, 0.2) is 15.0 Å². The van der Waals surface area contributed by atoms with Gasteiger partial charge in [-0.15, -0.1) is 0 Å². The zero-order valence-corrected chi connectivity index (χ0v) is 31.0. The van der Waals surface area contributed by atoms with E-state index >= 15 is 0 Å². The average Bonchev–Trinajstić information content (AvgIpc) is 2.78. The van der Waals surface area contributed by atoms with Crippen LogP contribution >= 0.6 is 0 Å². The fourth-order valence-electron chi connectivity index (χ4n) is 3.45. The highest BCUT2D eigenvalue weighted by Gasteiger charge is 2.23. The fraction of sp³-hybridized carbons (Fsp3) is 0.909. The number of aliphatic imine (C=N–C) groups is 3. The molecule has 6 N–H and O–H groups in total. The highest BCUT2D eigenvalue weighted by Crippen LogP contribution is 1.97. The first-order chi connectivity index (χ1) is 19.3. The number of hydrogen-bond acceptors (Lipinski definition) is 9. The van der Waals surface area contributed by atoms with Crippen molar-refractivity contribution in [1.29, 1.82) is 0 Å². The van der Waals surface area contributed by atoms with Gasteiger partial charge in [-0.3, -0.25) is 46.9 Å². The van der Waals surface area contributed by atoms with E-state index in [-0.39, 0.29) is 18.5 Å². The molecule has 0 aromatic heterocycles. The first kappa shape index (κ1) is 45.2. The average molecular weight is 598 g/mol. The molecular weight excluding hydrogens is 522 g/mol. The molecule has 0 aromatic rings. The van der Waals surface area contributed by atoms with Crippen LogP contribution in [0.5, 0.6) is 0 Å². The van der Waals surface area contributed by atoms with Gasteiger partial charge in [-0.25, -0.2) is 0 Å². The van der Waals surface area contributed by atoms with Crippen molar-refractivity contribution in [2.24, 2.45) is 15.0 Å². The van der Waals surface area contributed by atoms with Crippen LogP contribution in [0.2, 0.25) is 0 Å². The van der Waals surface area contributed by atoms with Crippen LogP contribution in [-0.4, -0.2) is 91.5 Å². The summed E-state index contributed by atoms with van der Waals surface area (Å²) in [5.41, 5.74) is 0. The lowest BCUT2D eigenvalue weighted by Crippen LogP contribution is -2.66. The quantitative estimate of drug-likeness (QED) is 0.0938. The largest absolute Gasteiger partial charge is 0.297 e. The Balaban J connectivity index is -0.000000567. The van der Waals surface area contributed by atoms with Crippen LogP contribution in [0, 0.1) is 0 Å². The van der Waals surface area contributed by atoms with Gasteiger partial charge >= 0.3 is 0 Å². The lowest BCUT2D eigenvalue weighted by molar-refractivity contribution is 0.229. The van der Waals surface area contributed by atoms with Gasteiger partial charge in [0.1, 0.15) is 0 Å². The zero-order valence-electron chi connectivity index (χ0n) is 31.0. The van der Waals surface area contributed by atoms with E-state index in [9.17, 15) is 0 Å². The van der Waals surface area contributed by atoms with E-state index in [1.54, 1.807) is 12.4 Å². The number of nitrogens with one attached hydrogen (secondary N) is 6. The molecule has 0 spiro atoms. The Morgan fingerprint density at radius 1 is 0.333 bits per heavy atom. The minimum Gasteiger partial charge on any atom is -0.297 e. The van der Waals surface area contributed by atoms with E-state index in [2.05, 4.69) is 144 Å². The third-order valence-electron chi connectivity index (χ3n) is 4.78. The van der Waals surface area contributed by atoms with E-state index in [0.717, 1.165) is 0 Å². The maximum absolute atomic E-state index is 4.38. The first-order valence-electron chi connectivity index (χ1n) is 16.4. The van der Waals surface area contributed by atoms with Gasteiger partial charge in [0.05, 0.1) is 18.5 Å². The number of hydrogen-bond donors (Lipinski definition) is 6. The third-order valence-corrected chi connectivity index (χ3v) is 4.78. The predicted molar refractivity (Wildman–Crippen MR) is 192 cm³/mol. The normalized spacial score (nSPS) is 13.0. The van der Waals surface area contributed by atoms with Crippen LogP contribution in [0.25, 0.3) is 0 Å². The highest BCUT2D eigenvalue weighted by molar-refractivity contribution is 6.16. The molecule has 9 heteroatoms. The SMILES string of the molecule is CC(C)N=CC(NC(C)C)NC(C)C.CC(C)N=CC=NC(C)C.CC(C)NC(NC(C)C)C(NC(C)C)NC(C)C. The van der Waals surface area contributed by atoms with Gasteiger partial charge in [-0.2, -0.15) is 0 Å². The van der Waals surface area contributed by atoms with Crippen molar-refractivity contribution >= 4 is 18.6 Å². The molecule has 252 valence electrons. The van der Waals surface area contributed by atoms with Gasteiger partial charge in [-0.1, -0.05) is 0 Å². The molecule has 0 bridgehead atoms. The Kier molecular flexibility index (Phi) is 29.4. The molecule has 0 amide bonds. The second kappa shape index (κ2) is 27.3. The van der Waals surface area contributed by atoms with Crippen molar-refractivity contribution in [3.63, 3.8) is 0 Å². The van der Waals surface area contributed by atoms with Crippen LogP contribution in [0.1, 0.15) is 125 Å². The van der Waals surface area contributed by atoms with E-state index in [1.165, 1.54) is 0 Å². The molecule has 0 saturated heterocycles. The molecule has 0 atom stereocenters. The molecule has 0 aliphatic rings. The molecule has 0 aliphatic heterocycles. The Morgan fingerprint density at radius 2 is 0.571 bits per heavy atom. The molecule has 0 saturated carbocycles. The Labute approximate surface area is 262 Å². The van der Waals surface area contributed by atoms with Crippen molar-refractivity contribution in [2.75, 3.05) is 0 Å². The highest BCUT2D eigenvalue weighted by atomic mass is 15.3. The van der Waals surface area contributed by atoms with Crippen LogP contribution in [0.3, 0.4) is 0 Å². The summed E-state index contributed by atoms with van der Waals surface area (Å²) in [6, 6.07) is 3.84. The maximum Gasteiger partial charge on any atom is 0.0939 e. The molecule has 0 aromatic carbocycles. The van der Waals surface area contributed by atoms with E-state index < -0.39 is 0 Å². The monoisotopic (exact) mass is 598 g/mol. The van der Waals surface area contributed by atoms with Gasteiger partial charge < -0.3 is 0 Å². The predicted octanol–water partition coefficient (Wildman–Crippen LogP) is 5.36. The second-order valence-electron chi connectivity index (χ2n) is 13.5. The van der Waals surface area contributed by atoms with E-state index in [1.807, 2.05) is 33.9 Å². The van der Waals surface area contributed by atoms with Gasteiger partial charge in [-0.05, 0) is 125 Å².